The van der Waals surface area contributed by atoms with E-state index in [1.807, 2.05) is 0 Å². The Labute approximate surface area is 156 Å². The van der Waals surface area contributed by atoms with Crippen LogP contribution < -0.4 is 16.4 Å². The third-order valence-electron chi connectivity index (χ3n) is 4.64. The van der Waals surface area contributed by atoms with E-state index < -0.39 is 35.6 Å². The Morgan fingerprint density at radius 2 is 1.89 bits per heavy atom. The van der Waals surface area contributed by atoms with Gasteiger partial charge in [-0.15, -0.1) is 0 Å². The molecule has 0 spiro atoms. The summed E-state index contributed by atoms with van der Waals surface area (Å²) in [5, 5.41) is 5.12. The fraction of sp³-hybridized carbons (Fsp3) is 0.474. The number of halogens is 1. The Hall–Kier alpha value is -2.77. The predicted octanol–water partition coefficient (Wildman–Crippen LogP) is 0.602. The summed E-state index contributed by atoms with van der Waals surface area (Å²) in [5.41, 5.74) is 6.08. The van der Waals surface area contributed by atoms with Crippen molar-refractivity contribution in [1.82, 2.24) is 10.6 Å². The van der Waals surface area contributed by atoms with Gasteiger partial charge in [0.15, 0.2) is 0 Å². The lowest BCUT2D eigenvalue weighted by atomic mass is 9.82. The summed E-state index contributed by atoms with van der Waals surface area (Å²) in [5.74, 6) is -2.42. The number of primary amides is 1. The molecular weight excluding hydrogens is 353 g/mol. The van der Waals surface area contributed by atoms with Gasteiger partial charge in [0, 0.05) is 26.2 Å². The van der Waals surface area contributed by atoms with Crippen LogP contribution in [0.1, 0.15) is 38.2 Å². The molecule has 0 heterocycles. The quantitative estimate of drug-likeness (QED) is 0.645. The Bertz CT molecular complexity index is 720. The van der Waals surface area contributed by atoms with Crippen molar-refractivity contribution in [3.8, 4) is 0 Å². The minimum Gasteiger partial charge on any atom is -0.368 e. The first kappa shape index (κ1) is 20.5. The number of Topliss-reactive ketones (excluding diaryl/α,β-unsaturated/α-hetero) is 1. The van der Waals surface area contributed by atoms with E-state index in [1.165, 1.54) is 31.2 Å². The molecule has 1 saturated carbocycles. The molecule has 4 N–H and O–H groups in total. The number of hydrogen-bond acceptors (Lipinski definition) is 4. The highest BCUT2D eigenvalue weighted by Crippen LogP contribution is 2.24. The summed E-state index contributed by atoms with van der Waals surface area (Å²) in [6.07, 6.45) is 2.04. The van der Waals surface area contributed by atoms with Gasteiger partial charge in [-0.1, -0.05) is 12.1 Å². The van der Waals surface area contributed by atoms with Crippen LogP contribution >= 0.6 is 0 Å². The number of benzene rings is 1. The van der Waals surface area contributed by atoms with Crippen molar-refractivity contribution in [2.24, 2.45) is 11.7 Å². The molecule has 0 bridgehead atoms. The molecule has 0 aromatic heterocycles. The van der Waals surface area contributed by atoms with Crippen molar-refractivity contribution in [2.75, 3.05) is 0 Å². The van der Waals surface area contributed by atoms with Gasteiger partial charge in [0.2, 0.25) is 17.7 Å². The second-order valence-electron chi connectivity index (χ2n) is 6.87. The van der Waals surface area contributed by atoms with Crippen molar-refractivity contribution in [3.63, 3.8) is 0 Å². The molecule has 27 heavy (non-hydrogen) atoms. The van der Waals surface area contributed by atoms with Gasteiger partial charge in [-0.3, -0.25) is 19.2 Å². The minimum atomic E-state index is -0.980. The monoisotopic (exact) mass is 377 g/mol. The van der Waals surface area contributed by atoms with Crippen LogP contribution in [-0.2, 0) is 25.6 Å². The third-order valence-corrected chi connectivity index (χ3v) is 4.64. The van der Waals surface area contributed by atoms with E-state index in [1.54, 1.807) is 0 Å². The average Bonchev–Trinajstić information content (AvgIpc) is 2.60. The van der Waals surface area contributed by atoms with Crippen LogP contribution in [0.25, 0.3) is 0 Å². The van der Waals surface area contributed by atoms with Gasteiger partial charge < -0.3 is 16.4 Å². The van der Waals surface area contributed by atoms with E-state index in [0.29, 0.717) is 24.8 Å². The van der Waals surface area contributed by atoms with Crippen LogP contribution in [0.15, 0.2) is 24.3 Å². The standard InChI is InChI=1S/C19H24FN3O4/c1-11(24)22-16(9-12-5-7-14(20)8-6-12)19(27)23-17(18(21)26)13-3-2-4-15(25)10-13/h5-8,13,16-17H,2-4,9-10H2,1H3,(H2,21,26)(H,22,24)(H,23,27)/t13-,16+,17-/m0/s1. The molecular formula is C19H24FN3O4. The molecule has 0 saturated heterocycles. The normalized spacial score (nSPS) is 19.0. The molecule has 1 aromatic rings. The molecule has 1 aliphatic rings. The zero-order chi connectivity index (χ0) is 20.0. The van der Waals surface area contributed by atoms with Gasteiger partial charge in [-0.2, -0.15) is 0 Å². The molecule has 146 valence electrons. The second-order valence-corrected chi connectivity index (χ2v) is 6.87. The summed E-state index contributed by atoms with van der Waals surface area (Å²) in [6.45, 7) is 1.27. The Kier molecular flexibility index (Phi) is 7.04. The maximum absolute atomic E-state index is 13.1. The van der Waals surface area contributed by atoms with E-state index in [4.69, 9.17) is 5.73 Å². The van der Waals surface area contributed by atoms with Crippen LogP contribution in [-0.4, -0.2) is 35.6 Å². The maximum atomic E-state index is 13.1. The first-order valence-corrected chi connectivity index (χ1v) is 8.89. The van der Waals surface area contributed by atoms with Gasteiger partial charge in [0.25, 0.3) is 0 Å². The zero-order valence-corrected chi connectivity index (χ0v) is 15.2. The first-order chi connectivity index (χ1) is 12.8. The summed E-state index contributed by atoms with van der Waals surface area (Å²) < 4.78 is 13.1. The van der Waals surface area contributed by atoms with Crippen LogP contribution in [0.4, 0.5) is 4.39 Å². The van der Waals surface area contributed by atoms with Gasteiger partial charge >= 0.3 is 0 Å². The number of ketones is 1. The third kappa shape index (κ3) is 6.16. The van der Waals surface area contributed by atoms with E-state index in [-0.39, 0.29) is 24.5 Å². The van der Waals surface area contributed by atoms with E-state index >= 15 is 0 Å². The minimum absolute atomic E-state index is 0.0384. The number of nitrogens with two attached hydrogens (primary N) is 1. The van der Waals surface area contributed by atoms with Crippen LogP contribution in [0.2, 0.25) is 0 Å². The van der Waals surface area contributed by atoms with Gasteiger partial charge in [-0.25, -0.2) is 4.39 Å². The van der Waals surface area contributed by atoms with Crippen molar-refractivity contribution in [2.45, 2.75) is 51.1 Å². The highest BCUT2D eigenvalue weighted by Gasteiger charge is 2.33. The van der Waals surface area contributed by atoms with Crippen molar-refractivity contribution < 1.29 is 23.6 Å². The van der Waals surface area contributed by atoms with Crippen molar-refractivity contribution >= 4 is 23.5 Å². The molecule has 1 fully saturated rings. The summed E-state index contributed by atoms with van der Waals surface area (Å²) >= 11 is 0. The number of rotatable bonds is 7. The van der Waals surface area contributed by atoms with E-state index in [2.05, 4.69) is 10.6 Å². The number of hydrogen-bond donors (Lipinski definition) is 3. The predicted molar refractivity (Wildman–Crippen MR) is 95.8 cm³/mol. The molecule has 7 nitrogen and oxygen atoms in total. The smallest absolute Gasteiger partial charge is 0.243 e. The highest BCUT2D eigenvalue weighted by molar-refractivity contribution is 5.92. The number of amides is 3. The van der Waals surface area contributed by atoms with Crippen LogP contribution in [0.3, 0.4) is 0 Å². The molecule has 3 atom stereocenters. The lowest BCUT2D eigenvalue weighted by Gasteiger charge is -2.29. The zero-order valence-electron chi connectivity index (χ0n) is 15.2. The maximum Gasteiger partial charge on any atom is 0.243 e. The number of carbonyl (C=O) groups excluding carboxylic acids is 4. The van der Waals surface area contributed by atoms with E-state index in [9.17, 15) is 23.6 Å². The van der Waals surface area contributed by atoms with Crippen LogP contribution in [0, 0.1) is 11.7 Å². The van der Waals surface area contributed by atoms with E-state index in [0.717, 1.165) is 0 Å². The fourth-order valence-electron chi connectivity index (χ4n) is 3.33. The average molecular weight is 377 g/mol. The molecule has 3 amide bonds. The largest absolute Gasteiger partial charge is 0.368 e. The molecule has 0 unspecified atom stereocenters. The molecule has 1 aliphatic carbocycles. The van der Waals surface area contributed by atoms with Gasteiger partial charge in [-0.05, 0) is 36.5 Å². The SMILES string of the molecule is CC(=O)N[C@H](Cc1ccc(F)cc1)C(=O)N[C@H](C(N)=O)[C@H]1CCCC(=O)C1. The number of carbonyl (C=O) groups is 4. The summed E-state index contributed by atoms with van der Waals surface area (Å²) in [4.78, 5) is 47.7. The topological polar surface area (TPSA) is 118 Å². The Morgan fingerprint density at radius 3 is 2.44 bits per heavy atom. The lowest BCUT2D eigenvalue weighted by molar-refractivity contribution is -0.132. The molecule has 2 rings (SSSR count). The Balaban J connectivity index is 2.12. The summed E-state index contributed by atoms with van der Waals surface area (Å²) in [7, 11) is 0. The second kappa shape index (κ2) is 9.25. The van der Waals surface area contributed by atoms with Gasteiger partial charge in [0.05, 0.1) is 0 Å². The molecule has 0 aliphatic heterocycles. The Morgan fingerprint density at radius 1 is 1.22 bits per heavy atom. The molecule has 8 heteroatoms. The molecule has 0 radical (unpaired) electrons. The lowest BCUT2D eigenvalue weighted by Crippen LogP contribution is -2.56. The van der Waals surface area contributed by atoms with Crippen molar-refractivity contribution in [3.05, 3.63) is 35.6 Å². The summed E-state index contributed by atoms with van der Waals surface area (Å²) in [6, 6.07) is 3.63. The fourth-order valence-corrected chi connectivity index (χ4v) is 3.33. The van der Waals surface area contributed by atoms with Crippen LogP contribution in [0.5, 0.6) is 0 Å². The number of nitrogens with one attached hydrogen (secondary N) is 2. The first-order valence-electron chi connectivity index (χ1n) is 8.89. The molecule has 1 aromatic carbocycles. The van der Waals surface area contributed by atoms with Crippen molar-refractivity contribution in [1.29, 1.82) is 0 Å². The van der Waals surface area contributed by atoms with Gasteiger partial charge in [0.1, 0.15) is 23.7 Å². The highest BCUT2D eigenvalue weighted by atomic mass is 19.1.